The van der Waals surface area contributed by atoms with Crippen molar-refractivity contribution in [2.45, 2.75) is 32.7 Å². The molecule has 0 saturated carbocycles. The van der Waals surface area contributed by atoms with Gasteiger partial charge in [-0.05, 0) is 32.4 Å². The first-order chi connectivity index (χ1) is 7.85. The second-order valence-corrected chi connectivity index (χ2v) is 4.40. The minimum atomic E-state index is -1.14. The lowest BCUT2D eigenvalue weighted by atomic mass is 10.0. The van der Waals surface area contributed by atoms with Gasteiger partial charge in [0.1, 0.15) is 11.4 Å². The van der Waals surface area contributed by atoms with E-state index < -0.39 is 5.97 Å². The first-order valence-corrected chi connectivity index (χ1v) is 5.38. The molecule has 0 aliphatic rings. The maximum absolute atomic E-state index is 11.8. The minimum Gasteiger partial charge on any atom is -0.477 e. The summed E-state index contributed by atoms with van der Waals surface area (Å²) >= 11 is 0. The summed E-state index contributed by atoms with van der Waals surface area (Å²) in [5.41, 5.74) is -0.351. The molecule has 17 heavy (non-hydrogen) atoms. The molecule has 0 aliphatic carbocycles. The molecule has 0 radical (unpaired) electrons. The number of rotatable bonds is 4. The molecule has 5 heteroatoms. The van der Waals surface area contributed by atoms with Crippen molar-refractivity contribution >= 4 is 11.9 Å². The summed E-state index contributed by atoms with van der Waals surface area (Å²) in [6.07, 6.45) is 0.775. The zero-order valence-electron chi connectivity index (χ0n) is 10.2. The molecule has 92 valence electrons. The largest absolute Gasteiger partial charge is 0.477 e. The molecule has 0 bridgehead atoms. The number of carboxylic acid groups (broad SMARTS) is 1. The Kier molecular flexibility index (Phi) is 3.83. The third-order valence-corrected chi connectivity index (χ3v) is 2.54. The Labute approximate surface area is 99.9 Å². The lowest BCUT2D eigenvalue weighted by molar-refractivity contribution is 0.0690. The zero-order valence-corrected chi connectivity index (χ0v) is 10.2. The fraction of sp³-hybridized carbons (Fsp3) is 0.417. The second-order valence-electron chi connectivity index (χ2n) is 4.40. The van der Waals surface area contributed by atoms with E-state index in [1.165, 1.54) is 18.2 Å². The number of hydrogen-bond acceptors (Lipinski definition) is 3. The fourth-order valence-electron chi connectivity index (χ4n) is 1.14. The van der Waals surface area contributed by atoms with Crippen LogP contribution in [0.2, 0.25) is 0 Å². The van der Waals surface area contributed by atoms with Crippen molar-refractivity contribution in [3.8, 4) is 0 Å². The highest BCUT2D eigenvalue weighted by Gasteiger charge is 2.20. The van der Waals surface area contributed by atoms with Crippen molar-refractivity contribution in [1.82, 2.24) is 10.3 Å². The van der Waals surface area contributed by atoms with Gasteiger partial charge in [0.25, 0.3) is 5.91 Å². The van der Waals surface area contributed by atoms with E-state index in [0.717, 1.165) is 6.42 Å². The van der Waals surface area contributed by atoms with Crippen LogP contribution in [0.3, 0.4) is 0 Å². The van der Waals surface area contributed by atoms with Crippen molar-refractivity contribution in [3.63, 3.8) is 0 Å². The van der Waals surface area contributed by atoms with Crippen LogP contribution in [0.25, 0.3) is 0 Å². The van der Waals surface area contributed by atoms with Crippen LogP contribution in [0, 0.1) is 0 Å². The average Bonchev–Trinajstić information content (AvgIpc) is 2.28. The number of nitrogens with zero attached hydrogens (tertiary/aromatic N) is 1. The quantitative estimate of drug-likeness (QED) is 0.833. The van der Waals surface area contributed by atoms with E-state index in [2.05, 4.69) is 10.3 Å². The topological polar surface area (TPSA) is 79.3 Å². The summed E-state index contributed by atoms with van der Waals surface area (Å²) in [6, 6.07) is 4.35. The van der Waals surface area contributed by atoms with Crippen LogP contribution in [-0.4, -0.2) is 27.5 Å². The van der Waals surface area contributed by atoms with Gasteiger partial charge in [-0.2, -0.15) is 0 Å². The Balaban J connectivity index is 2.90. The van der Waals surface area contributed by atoms with Gasteiger partial charge in [-0.3, -0.25) is 4.79 Å². The fourth-order valence-corrected chi connectivity index (χ4v) is 1.14. The lowest BCUT2D eigenvalue weighted by Crippen LogP contribution is -2.43. The highest BCUT2D eigenvalue weighted by Crippen LogP contribution is 2.08. The summed E-state index contributed by atoms with van der Waals surface area (Å²) in [5.74, 6) is -1.51. The Morgan fingerprint density at radius 2 is 1.94 bits per heavy atom. The molecule has 1 heterocycles. The number of nitrogens with one attached hydrogen (secondary N) is 1. The van der Waals surface area contributed by atoms with Crippen molar-refractivity contribution < 1.29 is 14.7 Å². The van der Waals surface area contributed by atoms with E-state index in [-0.39, 0.29) is 22.8 Å². The Bertz CT molecular complexity index is 441. The van der Waals surface area contributed by atoms with Gasteiger partial charge in [0.15, 0.2) is 0 Å². The number of aromatic carboxylic acids is 1. The minimum absolute atomic E-state index is 0.117. The van der Waals surface area contributed by atoms with Crippen molar-refractivity contribution in [2.24, 2.45) is 0 Å². The highest BCUT2D eigenvalue weighted by atomic mass is 16.4. The molecule has 0 atom stereocenters. The van der Waals surface area contributed by atoms with Gasteiger partial charge in [0, 0.05) is 5.54 Å². The molecule has 0 spiro atoms. The Morgan fingerprint density at radius 3 is 2.47 bits per heavy atom. The van der Waals surface area contributed by atoms with Gasteiger partial charge in [-0.15, -0.1) is 0 Å². The van der Waals surface area contributed by atoms with Crippen LogP contribution in [0.5, 0.6) is 0 Å². The highest BCUT2D eigenvalue weighted by molar-refractivity contribution is 5.94. The number of amides is 1. The van der Waals surface area contributed by atoms with Crippen LogP contribution in [0.4, 0.5) is 0 Å². The molecular formula is C12H16N2O3. The molecule has 1 rings (SSSR count). The van der Waals surface area contributed by atoms with E-state index in [0.29, 0.717) is 0 Å². The number of carboxylic acids is 1. The maximum Gasteiger partial charge on any atom is 0.354 e. The molecule has 0 unspecified atom stereocenters. The predicted octanol–water partition coefficient (Wildman–Crippen LogP) is 1.70. The number of carbonyl (C=O) groups excluding carboxylic acids is 1. The molecule has 0 saturated heterocycles. The summed E-state index contributed by atoms with van der Waals surface area (Å²) in [5, 5.41) is 11.6. The van der Waals surface area contributed by atoms with E-state index in [4.69, 9.17) is 5.11 Å². The lowest BCUT2D eigenvalue weighted by Gasteiger charge is -2.24. The van der Waals surface area contributed by atoms with Crippen molar-refractivity contribution in [2.75, 3.05) is 0 Å². The molecule has 2 N–H and O–H groups in total. The second kappa shape index (κ2) is 4.95. The molecule has 0 aromatic carbocycles. The molecule has 1 aromatic heterocycles. The zero-order chi connectivity index (χ0) is 13.1. The van der Waals surface area contributed by atoms with Gasteiger partial charge < -0.3 is 10.4 Å². The van der Waals surface area contributed by atoms with Crippen LogP contribution in [0.15, 0.2) is 18.2 Å². The summed E-state index contributed by atoms with van der Waals surface area (Å²) in [7, 11) is 0. The number of pyridine rings is 1. The maximum atomic E-state index is 11.8. The molecule has 0 aliphatic heterocycles. The Morgan fingerprint density at radius 1 is 1.35 bits per heavy atom. The van der Waals surface area contributed by atoms with Crippen LogP contribution in [-0.2, 0) is 0 Å². The van der Waals surface area contributed by atoms with Gasteiger partial charge in [-0.1, -0.05) is 13.0 Å². The monoisotopic (exact) mass is 236 g/mol. The number of hydrogen-bond donors (Lipinski definition) is 2. The van der Waals surface area contributed by atoms with Crippen molar-refractivity contribution in [3.05, 3.63) is 29.6 Å². The predicted molar refractivity (Wildman–Crippen MR) is 63.0 cm³/mol. The van der Waals surface area contributed by atoms with Gasteiger partial charge in [-0.25, -0.2) is 9.78 Å². The summed E-state index contributed by atoms with van der Waals surface area (Å²) in [4.78, 5) is 26.3. The summed E-state index contributed by atoms with van der Waals surface area (Å²) in [6.45, 7) is 5.75. The van der Waals surface area contributed by atoms with Crippen LogP contribution >= 0.6 is 0 Å². The Hall–Kier alpha value is -1.91. The number of carbonyl (C=O) groups is 2. The smallest absolute Gasteiger partial charge is 0.354 e. The first kappa shape index (κ1) is 13.2. The van der Waals surface area contributed by atoms with Gasteiger partial charge >= 0.3 is 5.97 Å². The van der Waals surface area contributed by atoms with E-state index in [1.807, 2.05) is 20.8 Å². The number of aromatic nitrogens is 1. The summed E-state index contributed by atoms with van der Waals surface area (Å²) < 4.78 is 0. The van der Waals surface area contributed by atoms with E-state index in [9.17, 15) is 9.59 Å². The van der Waals surface area contributed by atoms with Crippen LogP contribution < -0.4 is 5.32 Å². The molecule has 5 nitrogen and oxygen atoms in total. The van der Waals surface area contributed by atoms with E-state index in [1.54, 1.807) is 0 Å². The van der Waals surface area contributed by atoms with Crippen molar-refractivity contribution in [1.29, 1.82) is 0 Å². The average molecular weight is 236 g/mol. The van der Waals surface area contributed by atoms with Crippen LogP contribution in [0.1, 0.15) is 48.2 Å². The SMILES string of the molecule is CCC(C)(C)NC(=O)c1cccc(C(=O)O)n1. The molecule has 1 aromatic rings. The molecule has 0 fully saturated rings. The molecular weight excluding hydrogens is 220 g/mol. The normalized spacial score (nSPS) is 11.0. The van der Waals surface area contributed by atoms with Gasteiger partial charge in [0.05, 0.1) is 0 Å². The molecule has 1 amide bonds. The standard InChI is InChI=1S/C12H16N2O3/c1-4-12(2,3)14-10(15)8-6-5-7-9(13-8)11(16)17/h5-7H,4H2,1-3H3,(H,14,15)(H,16,17). The van der Waals surface area contributed by atoms with E-state index >= 15 is 0 Å². The van der Waals surface area contributed by atoms with Gasteiger partial charge in [0.2, 0.25) is 0 Å². The third kappa shape index (κ3) is 3.55. The third-order valence-electron chi connectivity index (χ3n) is 2.54. The first-order valence-electron chi connectivity index (χ1n) is 5.38.